The number of hydrogen-bond acceptors (Lipinski definition) is 6. The number of nitrogens with one attached hydrogen (secondary N) is 1. The first kappa shape index (κ1) is 17.7. The van der Waals surface area contributed by atoms with Crippen molar-refractivity contribution >= 4 is 55.6 Å². The second-order valence-electron chi connectivity index (χ2n) is 6.11. The molecule has 140 valence electrons. The van der Waals surface area contributed by atoms with Gasteiger partial charge in [-0.15, -0.1) is 11.3 Å². The van der Waals surface area contributed by atoms with Crippen LogP contribution in [0, 0.1) is 0 Å². The fourth-order valence-electron chi connectivity index (χ4n) is 2.96. The number of hydrogen-bond donors (Lipinski definition) is 3. The minimum Gasteiger partial charge on any atom is -0.497 e. The van der Waals surface area contributed by atoms with Gasteiger partial charge in [0.05, 0.1) is 29.6 Å². The Morgan fingerprint density at radius 2 is 1.93 bits per heavy atom. The first-order valence-corrected chi connectivity index (χ1v) is 9.16. The van der Waals surface area contributed by atoms with Crippen LogP contribution in [0.3, 0.4) is 0 Å². The molecule has 28 heavy (non-hydrogen) atoms. The molecule has 0 saturated carbocycles. The van der Waals surface area contributed by atoms with E-state index >= 15 is 0 Å². The number of methoxy groups -OCH3 is 1. The van der Waals surface area contributed by atoms with Crippen molar-refractivity contribution < 1.29 is 14.3 Å². The highest BCUT2D eigenvalue weighted by Crippen LogP contribution is 2.35. The summed E-state index contributed by atoms with van der Waals surface area (Å²) in [6.45, 7) is 0. The minimum atomic E-state index is -0.623. The van der Waals surface area contributed by atoms with Crippen LogP contribution in [-0.4, -0.2) is 23.9 Å². The fourth-order valence-corrected chi connectivity index (χ4v) is 3.94. The average molecular weight is 392 g/mol. The lowest BCUT2D eigenvalue weighted by molar-refractivity contribution is 0.100. The molecule has 2 aromatic carbocycles. The lowest BCUT2D eigenvalue weighted by atomic mass is 10.1. The molecule has 4 aromatic rings. The Balaban J connectivity index is 1.76. The number of ether oxygens (including phenoxy) is 1. The van der Waals surface area contributed by atoms with Gasteiger partial charge in [0.1, 0.15) is 15.5 Å². The van der Waals surface area contributed by atoms with Gasteiger partial charge in [-0.1, -0.05) is 12.1 Å². The molecule has 0 bridgehead atoms. The molecule has 2 aromatic heterocycles. The number of primary amides is 1. The summed E-state index contributed by atoms with van der Waals surface area (Å²) in [6.07, 6.45) is 0. The summed E-state index contributed by atoms with van der Waals surface area (Å²) in [5, 5.41) is 4.31. The van der Waals surface area contributed by atoms with Gasteiger partial charge in [-0.25, -0.2) is 4.98 Å². The van der Waals surface area contributed by atoms with E-state index in [1.165, 1.54) is 11.3 Å². The number of rotatable bonds is 4. The van der Waals surface area contributed by atoms with Crippen molar-refractivity contribution in [3.05, 3.63) is 59.0 Å². The molecule has 0 aliphatic rings. The van der Waals surface area contributed by atoms with E-state index in [4.69, 9.17) is 16.2 Å². The summed E-state index contributed by atoms with van der Waals surface area (Å²) in [5.74, 6) is -0.345. The lowest BCUT2D eigenvalue weighted by Crippen LogP contribution is -2.18. The number of fused-ring (bicyclic) bond motifs is 2. The Hall–Kier alpha value is -3.65. The molecule has 7 nitrogen and oxygen atoms in total. The highest BCUT2D eigenvalue weighted by molar-refractivity contribution is 7.21. The van der Waals surface area contributed by atoms with Crippen LogP contribution in [0.15, 0.2) is 48.5 Å². The summed E-state index contributed by atoms with van der Waals surface area (Å²) >= 11 is 1.19. The van der Waals surface area contributed by atoms with Crippen LogP contribution < -0.4 is 21.5 Å². The highest BCUT2D eigenvalue weighted by atomic mass is 32.1. The van der Waals surface area contributed by atoms with Crippen LogP contribution in [0.25, 0.3) is 21.1 Å². The van der Waals surface area contributed by atoms with Crippen molar-refractivity contribution in [2.75, 3.05) is 18.2 Å². The van der Waals surface area contributed by atoms with Crippen LogP contribution in [-0.2, 0) is 0 Å². The lowest BCUT2D eigenvalue weighted by Gasteiger charge is -2.08. The molecule has 0 unspecified atom stereocenters. The SMILES string of the molecule is COc1ccc2cc3c(N)c(C(=O)Nc4ccccc4C(N)=O)sc3nc2c1. The standard InChI is InChI=1S/C20H16N4O3S/c1-27-11-7-6-10-8-13-16(21)17(28-20(13)24-15(10)9-11)19(26)23-14-5-3-2-4-12(14)18(22)25/h2-9H,21H2,1H3,(H2,22,25)(H,23,26). The van der Waals surface area contributed by atoms with Crippen LogP contribution in [0.5, 0.6) is 5.75 Å². The maximum atomic E-state index is 12.8. The third kappa shape index (κ3) is 2.99. The van der Waals surface area contributed by atoms with E-state index in [1.54, 1.807) is 31.4 Å². The van der Waals surface area contributed by atoms with Gasteiger partial charge >= 0.3 is 0 Å². The molecule has 2 heterocycles. The fraction of sp³-hybridized carbons (Fsp3) is 0.0500. The number of nitrogens with zero attached hydrogens (tertiary/aromatic N) is 1. The van der Waals surface area contributed by atoms with Crippen LogP contribution in [0.1, 0.15) is 20.0 Å². The van der Waals surface area contributed by atoms with E-state index in [0.717, 1.165) is 10.9 Å². The zero-order valence-electron chi connectivity index (χ0n) is 14.9. The second kappa shape index (κ2) is 6.82. The second-order valence-corrected chi connectivity index (χ2v) is 7.11. The first-order chi connectivity index (χ1) is 13.5. The number of aromatic nitrogens is 1. The van der Waals surface area contributed by atoms with Crippen LogP contribution in [0.4, 0.5) is 11.4 Å². The number of thiophene rings is 1. The Bertz CT molecular complexity index is 1250. The molecular formula is C20H16N4O3S. The number of nitrogen functional groups attached to an aromatic ring is 1. The topological polar surface area (TPSA) is 120 Å². The summed E-state index contributed by atoms with van der Waals surface area (Å²) in [5.41, 5.74) is 13.3. The van der Waals surface area contributed by atoms with Gasteiger partial charge in [0.25, 0.3) is 11.8 Å². The molecule has 0 fully saturated rings. The normalized spacial score (nSPS) is 10.9. The maximum absolute atomic E-state index is 12.8. The van der Waals surface area contributed by atoms with Gasteiger partial charge in [-0.3, -0.25) is 9.59 Å². The van der Waals surface area contributed by atoms with E-state index in [1.807, 2.05) is 24.3 Å². The van der Waals surface area contributed by atoms with Crippen LogP contribution >= 0.6 is 11.3 Å². The summed E-state index contributed by atoms with van der Waals surface area (Å²) in [4.78, 5) is 29.9. The Morgan fingerprint density at radius 1 is 1.14 bits per heavy atom. The zero-order valence-corrected chi connectivity index (χ0v) is 15.7. The van der Waals surface area contributed by atoms with Crippen LogP contribution in [0.2, 0.25) is 0 Å². The maximum Gasteiger partial charge on any atom is 0.267 e. The largest absolute Gasteiger partial charge is 0.497 e. The van der Waals surface area contributed by atoms with Crippen molar-refractivity contribution in [3.63, 3.8) is 0 Å². The number of para-hydroxylation sites is 1. The van der Waals surface area contributed by atoms with Gasteiger partial charge < -0.3 is 21.5 Å². The Kier molecular flexibility index (Phi) is 4.32. The molecule has 2 amide bonds. The van der Waals surface area contributed by atoms with Crippen molar-refractivity contribution in [3.8, 4) is 5.75 Å². The van der Waals surface area contributed by atoms with Gasteiger partial charge in [0.2, 0.25) is 0 Å². The average Bonchev–Trinajstić information content (AvgIpc) is 3.02. The molecule has 0 atom stereocenters. The molecular weight excluding hydrogens is 376 g/mol. The van der Waals surface area contributed by atoms with E-state index in [0.29, 0.717) is 32.2 Å². The highest BCUT2D eigenvalue weighted by Gasteiger charge is 2.19. The van der Waals surface area contributed by atoms with Crippen molar-refractivity contribution in [1.82, 2.24) is 4.98 Å². The molecule has 0 spiro atoms. The molecule has 0 aliphatic carbocycles. The smallest absolute Gasteiger partial charge is 0.267 e. The minimum absolute atomic E-state index is 0.228. The number of nitrogens with two attached hydrogens (primary N) is 2. The van der Waals surface area contributed by atoms with E-state index in [9.17, 15) is 9.59 Å². The molecule has 4 rings (SSSR count). The molecule has 8 heteroatoms. The van der Waals surface area contributed by atoms with Gasteiger partial charge in [0, 0.05) is 16.8 Å². The number of carbonyl (C=O) groups is 2. The van der Waals surface area contributed by atoms with E-state index in [-0.39, 0.29) is 5.56 Å². The Morgan fingerprint density at radius 3 is 2.68 bits per heavy atom. The summed E-state index contributed by atoms with van der Waals surface area (Å²) in [7, 11) is 1.59. The third-order valence-electron chi connectivity index (χ3n) is 4.37. The molecule has 0 saturated heterocycles. The summed E-state index contributed by atoms with van der Waals surface area (Å²) < 4.78 is 5.24. The van der Waals surface area contributed by atoms with Crippen molar-refractivity contribution in [2.24, 2.45) is 5.73 Å². The predicted molar refractivity (Wildman–Crippen MR) is 111 cm³/mol. The monoisotopic (exact) mass is 392 g/mol. The van der Waals surface area contributed by atoms with Gasteiger partial charge in [-0.2, -0.15) is 0 Å². The first-order valence-electron chi connectivity index (χ1n) is 8.35. The third-order valence-corrected chi connectivity index (χ3v) is 5.48. The molecule has 5 N–H and O–H groups in total. The molecule has 0 aliphatic heterocycles. The predicted octanol–water partition coefficient (Wildman–Crippen LogP) is 3.39. The molecule has 0 radical (unpaired) electrons. The van der Waals surface area contributed by atoms with E-state index < -0.39 is 11.8 Å². The van der Waals surface area contributed by atoms with Crippen molar-refractivity contribution in [2.45, 2.75) is 0 Å². The number of amides is 2. The van der Waals surface area contributed by atoms with E-state index in [2.05, 4.69) is 10.3 Å². The Labute approximate surface area is 163 Å². The zero-order chi connectivity index (χ0) is 19.8. The quantitative estimate of drug-likeness (QED) is 0.492. The van der Waals surface area contributed by atoms with Gasteiger partial charge in [-0.05, 0) is 30.3 Å². The number of carbonyl (C=O) groups excluding carboxylic acids is 2. The number of pyridine rings is 1. The summed E-state index contributed by atoms with van der Waals surface area (Å²) in [6, 6.07) is 14.0. The van der Waals surface area contributed by atoms with Crippen molar-refractivity contribution in [1.29, 1.82) is 0 Å². The number of benzene rings is 2. The van der Waals surface area contributed by atoms with Gasteiger partial charge in [0.15, 0.2) is 0 Å². The number of anilines is 2.